The van der Waals surface area contributed by atoms with Crippen LogP contribution in [0.15, 0.2) is 11.5 Å². The number of allylic oxidation sites excluding steroid dienone is 1. The quantitative estimate of drug-likeness (QED) is 0.609. The third-order valence-corrected chi connectivity index (χ3v) is 7.07. The Morgan fingerprint density at radius 1 is 1.08 bits per heavy atom. The molecule has 1 saturated carbocycles. The number of hydrogen-bond donors (Lipinski definition) is 0. The molecule has 0 unspecified atom stereocenters. The normalized spacial score (nSPS) is 26.9. The maximum absolute atomic E-state index is 6.51. The zero-order valence-corrected chi connectivity index (χ0v) is 18.9. The van der Waals surface area contributed by atoms with E-state index >= 15 is 0 Å². The van der Waals surface area contributed by atoms with Gasteiger partial charge in [-0.25, -0.2) is 0 Å². The van der Waals surface area contributed by atoms with Crippen molar-refractivity contribution in [1.29, 1.82) is 0 Å². The number of rotatable bonds is 6. The van der Waals surface area contributed by atoms with E-state index in [4.69, 9.17) is 13.7 Å². The van der Waals surface area contributed by atoms with Crippen LogP contribution in [0, 0.1) is 11.8 Å². The fraction of sp³-hybridized carbons (Fsp3) is 0.900. The largest absolute Gasteiger partial charge is 0.489 e. The SMILES string of the molecule is CC(=C[C@H](C)[C@H](O[SiH](C)C)C1CCCCC1)B1OC(C)(C)C(C)(C)O1. The summed E-state index contributed by atoms with van der Waals surface area (Å²) in [5, 5.41) is 0. The molecule has 2 aliphatic rings. The standard InChI is InChI=1S/C20H39BO3Si/c1-15(18(22-25(7)8)17-12-10-9-11-13-17)14-16(2)21-23-19(3,4)20(5,6)24-21/h14-15,17-18,25H,9-13H2,1-8H3/t15-,18-/m0/s1. The highest BCUT2D eigenvalue weighted by Gasteiger charge is 2.51. The molecule has 3 nitrogen and oxygen atoms in total. The van der Waals surface area contributed by atoms with Crippen LogP contribution in [0.2, 0.25) is 13.1 Å². The molecule has 0 amide bonds. The third-order valence-electron chi connectivity index (χ3n) is 6.21. The zero-order valence-electron chi connectivity index (χ0n) is 17.7. The van der Waals surface area contributed by atoms with Crippen LogP contribution in [0.4, 0.5) is 0 Å². The smallest absolute Gasteiger partial charge is 0.417 e. The summed E-state index contributed by atoms with van der Waals surface area (Å²) in [5.41, 5.74) is 0.626. The van der Waals surface area contributed by atoms with Gasteiger partial charge in [0, 0.05) is 0 Å². The third kappa shape index (κ3) is 5.21. The Balaban J connectivity index is 2.10. The van der Waals surface area contributed by atoms with Crippen LogP contribution in [0.25, 0.3) is 0 Å². The molecule has 1 aliphatic heterocycles. The molecule has 0 bridgehead atoms. The molecule has 0 aromatic heterocycles. The fourth-order valence-corrected chi connectivity index (χ4v) is 5.16. The van der Waals surface area contributed by atoms with Gasteiger partial charge in [0.1, 0.15) is 0 Å². The Morgan fingerprint density at radius 2 is 1.60 bits per heavy atom. The molecular weight excluding hydrogens is 327 g/mol. The lowest BCUT2D eigenvalue weighted by atomic mass is 9.75. The van der Waals surface area contributed by atoms with Crippen molar-refractivity contribution in [1.82, 2.24) is 0 Å². The van der Waals surface area contributed by atoms with Gasteiger partial charge < -0.3 is 13.7 Å². The molecule has 144 valence electrons. The Kier molecular flexibility index (Phi) is 7.03. The fourth-order valence-electron chi connectivity index (χ4n) is 4.06. The van der Waals surface area contributed by atoms with Gasteiger partial charge in [-0.3, -0.25) is 0 Å². The molecule has 0 N–H and O–H groups in total. The minimum atomic E-state index is -1.06. The second-order valence-electron chi connectivity index (χ2n) is 9.41. The summed E-state index contributed by atoms with van der Waals surface area (Å²) in [5.74, 6) is 1.11. The maximum atomic E-state index is 6.51. The molecule has 0 aromatic carbocycles. The van der Waals surface area contributed by atoms with Gasteiger partial charge in [-0.2, -0.15) is 0 Å². The van der Waals surface area contributed by atoms with Gasteiger partial charge in [-0.1, -0.05) is 32.3 Å². The summed E-state index contributed by atoms with van der Waals surface area (Å²) in [7, 11) is -1.30. The lowest BCUT2D eigenvalue weighted by molar-refractivity contribution is 0.00578. The summed E-state index contributed by atoms with van der Waals surface area (Å²) in [6.07, 6.45) is 9.44. The maximum Gasteiger partial charge on any atom is 0.489 e. The Bertz CT molecular complexity index is 454. The summed E-state index contributed by atoms with van der Waals surface area (Å²) >= 11 is 0. The average molecular weight is 366 g/mol. The average Bonchev–Trinajstić information content (AvgIpc) is 2.73. The lowest BCUT2D eigenvalue weighted by Gasteiger charge is -2.35. The Morgan fingerprint density at radius 3 is 2.08 bits per heavy atom. The molecule has 0 radical (unpaired) electrons. The van der Waals surface area contributed by atoms with Crippen molar-refractivity contribution in [3.8, 4) is 0 Å². The molecule has 1 saturated heterocycles. The van der Waals surface area contributed by atoms with Crippen molar-refractivity contribution in [2.75, 3.05) is 0 Å². The molecule has 5 heteroatoms. The summed E-state index contributed by atoms with van der Waals surface area (Å²) in [6.45, 7) is 17.5. The first-order valence-electron chi connectivity index (χ1n) is 10.2. The first-order chi connectivity index (χ1) is 11.5. The molecule has 1 aliphatic carbocycles. The predicted octanol–water partition coefficient (Wildman–Crippen LogP) is 5.15. The van der Waals surface area contributed by atoms with Crippen LogP contribution in [0.3, 0.4) is 0 Å². The molecule has 2 rings (SSSR count). The van der Waals surface area contributed by atoms with Gasteiger partial charge in [-0.15, -0.1) is 0 Å². The van der Waals surface area contributed by atoms with Gasteiger partial charge in [0.05, 0.1) is 17.3 Å². The minimum Gasteiger partial charge on any atom is -0.417 e. The van der Waals surface area contributed by atoms with Gasteiger partial charge >= 0.3 is 7.12 Å². The van der Waals surface area contributed by atoms with E-state index in [2.05, 4.69) is 60.7 Å². The summed E-state index contributed by atoms with van der Waals surface area (Å²) in [6, 6.07) is 0. The highest BCUT2D eigenvalue weighted by molar-refractivity contribution is 6.54. The van der Waals surface area contributed by atoms with Crippen molar-refractivity contribution in [2.45, 2.75) is 104 Å². The lowest BCUT2D eigenvalue weighted by Crippen LogP contribution is -2.41. The monoisotopic (exact) mass is 366 g/mol. The van der Waals surface area contributed by atoms with Crippen molar-refractivity contribution in [3.63, 3.8) is 0 Å². The topological polar surface area (TPSA) is 27.7 Å². The van der Waals surface area contributed by atoms with Crippen LogP contribution in [-0.4, -0.2) is 33.5 Å². The van der Waals surface area contributed by atoms with E-state index < -0.39 is 9.04 Å². The summed E-state index contributed by atoms with van der Waals surface area (Å²) < 4.78 is 18.9. The van der Waals surface area contributed by atoms with Crippen LogP contribution < -0.4 is 0 Å². The van der Waals surface area contributed by atoms with Crippen LogP contribution >= 0.6 is 0 Å². The van der Waals surface area contributed by atoms with Gasteiger partial charge in [0.2, 0.25) is 0 Å². The number of hydrogen-bond acceptors (Lipinski definition) is 3. The van der Waals surface area contributed by atoms with Gasteiger partial charge in [-0.05, 0) is 77.9 Å². The van der Waals surface area contributed by atoms with Crippen molar-refractivity contribution < 1.29 is 13.7 Å². The zero-order chi connectivity index (χ0) is 18.8. The van der Waals surface area contributed by atoms with E-state index in [0.717, 1.165) is 0 Å². The minimum absolute atomic E-state index is 0.240. The molecule has 1 heterocycles. The van der Waals surface area contributed by atoms with Crippen LogP contribution in [0.5, 0.6) is 0 Å². The Labute approximate surface area is 157 Å². The molecule has 2 atom stereocenters. The van der Waals surface area contributed by atoms with Gasteiger partial charge in [0.15, 0.2) is 9.04 Å². The van der Waals surface area contributed by atoms with Crippen LogP contribution in [0.1, 0.15) is 73.6 Å². The summed E-state index contributed by atoms with van der Waals surface area (Å²) in [4.78, 5) is 0. The van der Waals surface area contributed by atoms with Crippen molar-refractivity contribution >= 4 is 16.2 Å². The first-order valence-corrected chi connectivity index (χ1v) is 13.0. The van der Waals surface area contributed by atoms with Crippen LogP contribution in [-0.2, 0) is 13.7 Å². The second-order valence-corrected chi connectivity index (χ2v) is 11.8. The molecule has 2 fully saturated rings. The van der Waals surface area contributed by atoms with E-state index in [0.29, 0.717) is 17.9 Å². The van der Waals surface area contributed by atoms with Gasteiger partial charge in [0.25, 0.3) is 0 Å². The molecular formula is C20H39BO3Si. The molecule has 0 spiro atoms. The van der Waals surface area contributed by atoms with Crippen molar-refractivity contribution in [2.24, 2.45) is 11.8 Å². The predicted molar refractivity (Wildman–Crippen MR) is 109 cm³/mol. The van der Waals surface area contributed by atoms with E-state index in [9.17, 15) is 0 Å². The van der Waals surface area contributed by atoms with E-state index in [-0.39, 0.29) is 18.3 Å². The highest BCUT2D eigenvalue weighted by atomic mass is 28.3. The Hall–Kier alpha value is -0.0982. The highest BCUT2D eigenvalue weighted by Crippen LogP contribution is 2.39. The van der Waals surface area contributed by atoms with E-state index in [1.54, 1.807) is 0 Å². The molecule has 0 aromatic rings. The molecule has 25 heavy (non-hydrogen) atoms. The second kappa shape index (κ2) is 8.28. The van der Waals surface area contributed by atoms with E-state index in [1.165, 1.54) is 37.6 Å². The van der Waals surface area contributed by atoms with E-state index in [1.807, 2.05) is 0 Å². The first kappa shape index (κ1) is 21.2. The van der Waals surface area contributed by atoms with Crippen molar-refractivity contribution in [3.05, 3.63) is 11.5 Å².